The Balaban J connectivity index is 1.89. The fraction of sp³-hybridized carbons (Fsp3) is 0.375. The molecule has 1 aromatic heterocycles. The molecule has 0 radical (unpaired) electrons. The molecule has 0 bridgehead atoms. The van der Waals surface area contributed by atoms with Crippen molar-refractivity contribution < 1.29 is 9.53 Å². The number of methoxy groups -OCH3 is 1. The standard InChI is InChI=1S/C16H21N3O2S/c1-3-12-4-6-13(7-5-12)14-11-22-16(18-14)19-15(20)10-17-8-9-21-2/h4-7,11,17H,3,8-10H2,1-2H3,(H,18,19,20). The molecule has 2 aromatic rings. The lowest BCUT2D eigenvalue weighted by Gasteiger charge is -2.03. The van der Waals surface area contributed by atoms with Crippen molar-refractivity contribution in [3.8, 4) is 11.3 Å². The molecule has 0 aliphatic carbocycles. The molecule has 0 saturated carbocycles. The van der Waals surface area contributed by atoms with E-state index in [1.807, 2.05) is 5.38 Å². The average molecular weight is 319 g/mol. The average Bonchev–Trinajstić information content (AvgIpc) is 3.00. The first-order valence-corrected chi connectivity index (χ1v) is 8.15. The fourth-order valence-electron chi connectivity index (χ4n) is 1.91. The topological polar surface area (TPSA) is 63.2 Å². The normalized spacial score (nSPS) is 10.6. The van der Waals surface area contributed by atoms with Gasteiger partial charge in [-0.15, -0.1) is 11.3 Å². The number of carbonyl (C=O) groups is 1. The number of ether oxygens (including phenoxy) is 1. The third-order valence-corrected chi connectivity index (χ3v) is 3.93. The van der Waals surface area contributed by atoms with Crippen molar-refractivity contribution in [2.24, 2.45) is 0 Å². The number of carbonyl (C=O) groups excluding carboxylic acids is 1. The van der Waals surface area contributed by atoms with Gasteiger partial charge in [-0.25, -0.2) is 4.98 Å². The molecule has 5 nitrogen and oxygen atoms in total. The summed E-state index contributed by atoms with van der Waals surface area (Å²) < 4.78 is 4.91. The molecule has 6 heteroatoms. The molecular weight excluding hydrogens is 298 g/mol. The van der Waals surface area contributed by atoms with Crippen LogP contribution in [0.2, 0.25) is 0 Å². The van der Waals surface area contributed by atoms with Crippen LogP contribution in [0.25, 0.3) is 11.3 Å². The Morgan fingerprint density at radius 3 is 2.77 bits per heavy atom. The molecular formula is C16H21N3O2S. The largest absolute Gasteiger partial charge is 0.383 e. The molecule has 0 spiro atoms. The molecule has 1 amide bonds. The molecule has 1 aromatic carbocycles. The van der Waals surface area contributed by atoms with Crippen molar-refractivity contribution in [2.45, 2.75) is 13.3 Å². The van der Waals surface area contributed by atoms with Gasteiger partial charge in [-0.3, -0.25) is 4.79 Å². The molecule has 0 fully saturated rings. The van der Waals surface area contributed by atoms with Gasteiger partial charge in [0.05, 0.1) is 18.8 Å². The van der Waals surface area contributed by atoms with Crippen LogP contribution in [0.15, 0.2) is 29.6 Å². The summed E-state index contributed by atoms with van der Waals surface area (Å²) in [6.07, 6.45) is 1.02. The number of hydrogen-bond acceptors (Lipinski definition) is 5. The van der Waals surface area contributed by atoms with E-state index in [2.05, 4.69) is 46.8 Å². The molecule has 0 aliphatic heterocycles. The molecule has 1 heterocycles. The second-order valence-corrected chi connectivity index (χ2v) is 5.66. The minimum atomic E-state index is -0.0988. The van der Waals surface area contributed by atoms with E-state index < -0.39 is 0 Å². The summed E-state index contributed by atoms with van der Waals surface area (Å²) in [6.45, 7) is 3.62. The smallest absolute Gasteiger partial charge is 0.240 e. The molecule has 2 N–H and O–H groups in total. The van der Waals surface area contributed by atoms with Crippen LogP contribution in [0.1, 0.15) is 12.5 Å². The van der Waals surface area contributed by atoms with Gasteiger partial charge in [-0.2, -0.15) is 0 Å². The van der Waals surface area contributed by atoms with Gasteiger partial charge in [-0.05, 0) is 12.0 Å². The van der Waals surface area contributed by atoms with Crippen molar-refractivity contribution in [3.05, 3.63) is 35.2 Å². The van der Waals surface area contributed by atoms with E-state index in [1.165, 1.54) is 16.9 Å². The molecule has 0 saturated heterocycles. The van der Waals surface area contributed by atoms with Crippen LogP contribution >= 0.6 is 11.3 Å². The Bertz CT molecular complexity index is 596. The highest BCUT2D eigenvalue weighted by molar-refractivity contribution is 7.14. The maximum atomic E-state index is 11.8. The monoisotopic (exact) mass is 319 g/mol. The number of amides is 1. The maximum Gasteiger partial charge on any atom is 0.240 e. The molecule has 118 valence electrons. The highest BCUT2D eigenvalue weighted by atomic mass is 32.1. The van der Waals surface area contributed by atoms with Crippen molar-refractivity contribution in [1.29, 1.82) is 0 Å². The van der Waals surface area contributed by atoms with Gasteiger partial charge < -0.3 is 15.4 Å². The number of benzene rings is 1. The summed E-state index contributed by atoms with van der Waals surface area (Å²) >= 11 is 1.43. The van der Waals surface area contributed by atoms with Crippen molar-refractivity contribution in [1.82, 2.24) is 10.3 Å². The number of hydrogen-bond donors (Lipinski definition) is 2. The lowest BCUT2D eigenvalue weighted by atomic mass is 10.1. The summed E-state index contributed by atoms with van der Waals surface area (Å²) in [6, 6.07) is 8.33. The minimum absolute atomic E-state index is 0.0988. The Morgan fingerprint density at radius 1 is 1.32 bits per heavy atom. The fourth-order valence-corrected chi connectivity index (χ4v) is 2.65. The predicted octanol–water partition coefficient (Wildman–Crippen LogP) is 2.55. The summed E-state index contributed by atoms with van der Waals surface area (Å²) in [4.78, 5) is 16.2. The van der Waals surface area contributed by atoms with Crippen LogP contribution in [0.5, 0.6) is 0 Å². The number of rotatable bonds is 8. The van der Waals surface area contributed by atoms with Crippen molar-refractivity contribution in [2.75, 3.05) is 32.1 Å². The molecule has 2 rings (SSSR count). The zero-order valence-corrected chi connectivity index (χ0v) is 13.7. The first-order valence-electron chi connectivity index (χ1n) is 7.27. The first-order chi connectivity index (χ1) is 10.7. The summed E-state index contributed by atoms with van der Waals surface area (Å²) in [5.74, 6) is -0.0988. The van der Waals surface area contributed by atoms with Gasteiger partial charge in [0.1, 0.15) is 0 Å². The number of nitrogens with one attached hydrogen (secondary N) is 2. The van der Waals surface area contributed by atoms with Crippen LogP contribution in [-0.4, -0.2) is 37.7 Å². The van der Waals surface area contributed by atoms with Crippen LogP contribution in [0.4, 0.5) is 5.13 Å². The summed E-state index contributed by atoms with van der Waals surface area (Å²) in [5.41, 5.74) is 3.25. The second kappa shape index (κ2) is 8.63. The Hall–Kier alpha value is -1.76. The second-order valence-electron chi connectivity index (χ2n) is 4.81. The highest BCUT2D eigenvalue weighted by Crippen LogP contribution is 2.25. The molecule has 22 heavy (non-hydrogen) atoms. The van der Waals surface area contributed by atoms with E-state index in [4.69, 9.17) is 4.74 Å². The lowest BCUT2D eigenvalue weighted by molar-refractivity contribution is -0.115. The lowest BCUT2D eigenvalue weighted by Crippen LogP contribution is -2.30. The number of anilines is 1. The summed E-state index contributed by atoms with van der Waals surface area (Å²) in [5, 5.41) is 8.37. The molecule has 0 unspecified atom stereocenters. The van der Waals surface area contributed by atoms with Crippen LogP contribution < -0.4 is 10.6 Å². The van der Waals surface area contributed by atoms with Crippen LogP contribution in [0, 0.1) is 0 Å². The quantitative estimate of drug-likeness (QED) is 0.734. The first kappa shape index (κ1) is 16.6. The van der Waals surface area contributed by atoms with Gasteiger partial charge in [0.2, 0.25) is 5.91 Å². The van der Waals surface area contributed by atoms with E-state index in [0.717, 1.165) is 17.7 Å². The Kier molecular flexibility index (Phi) is 6.51. The Morgan fingerprint density at radius 2 is 2.09 bits per heavy atom. The maximum absolute atomic E-state index is 11.8. The van der Waals surface area contributed by atoms with Gasteiger partial charge in [-0.1, -0.05) is 31.2 Å². The van der Waals surface area contributed by atoms with E-state index >= 15 is 0 Å². The number of nitrogens with zero attached hydrogens (tertiary/aromatic N) is 1. The van der Waals surface area contributed by atoms with E-state index in [1.54, 1.807) is 7.11 Å². The minimum Gasteiger partial charge on any atom is -0.383 e. The number of aromatic nitrogens is 1. The molecule has 0 atom stereocenters. The van der Waals surface area contributed by atoms with Crippen molar-refractivity contribution in [3.63, 3.8) is 0 Å². The zero-order valence-electron chi connectivity index (χ0n) is 12.9. The number of thiazole rings is 1. The van der Waals surface area contributed by atoms with E-state index in [-0.39, 0.29) is 12.5 Å². The van der Waals surface area contributed by atoms with Gasteiger partial charge in [0.25, 0.3) is 0 Å². The summed E-state index contributed by atoms with van der Waals surface area (Å²) in [7, 11) is 1.63. The van der Waals surface area contributed by atoms with Crippen LogP contribution in [-0.2, 0) is 16.0 Å². The third-order valence-electron chi connectivity index (χ3n) is 3.18. The van der Waals surface area contributed by atoms with Crippen molar-refractivity contribution >= 4 is 22.4 Å². The van der Waals surface area contributed by atoms with E-state index in [0.29, 0.717) is 18.3 Å². The third kappa shape index (κ3) is 4.91. The Labute approximate surface area is 134 Å². The SMILES string of the molecule is CCc1ccc(-c2csc(NC(=O)CNCCOC)n2)cc1. The molecule has 0 aliphatic rings. The van der Waals surface area contributed by atoms with Gasteiger partial charge in [0, 0.05) is 24.6 Å². The van der Waals surface area contributed by atoms with Gasteiger partial charge >= 0.3 is 0 Å². The number of aryl methyl sites for hydroxylation is 1. The predicted molar refractivity (Wildman–Crippen MR) is 90.3 cm³/mol. The van der Waals surface area contributed by atoms with Crippen LogP contribution in [0.3, 0.4) is 0 Å². The zero-order chi connectivity index (χ0) is 15.8. The van der Waals surface area contributed by atoms with E-state index in [9.17, 15) is 4.79 Å². The highest BCUT2D eigenvalue weighted by Gasteiger charge is 2.07. The van der Waals surface area contributed by atoms with Gasteiger partial charge in [0.15, 0.2) is 5.13 Å².